The monoisotopic (exact) mass is 338 g/mol. The van der Waals surface area contributed by atoms with Crippen LogP contribution >= 0.6 is 0 Å². The summed E-state index contributed by atoms with van der Waals surface area (Å²) >= 11 is 0. The predicted molar refractivity (Wildman–Crippen MR) is 96.5 cm³/mol. The zero-order valence-corrected chi connectivity index (χ0v) is 13.9. The molecule has 0 atom stereocenters. The Morgan fingerprint density at radius 3 is 2.16 bits per heavy atom. The van der Waals surface area contributed by atoms with E-state index in [0.29, 0.717) is 22.9 Å². The number of phenolic OH excluding ortho intramolecular Hbond substituents is 1. The number of nitrogens with two attached hydrogens (primary N) is 2. The molecular formula is C18H18N4O3. The molecule has 0 aliphatic carbocycles. The summed E-state index contributed by atoms with van der Waals surface area (Å²) in [5, 5.41) is 10.1. The van der Waals surface area contributed by atoms with Gasteiger partial charge in [0.25, 0.3) is 0 Å². The second kappa shape index (κ2) is 6.56. The molecule has 1 aromatic heterocycles. The minimum atomic E-state index is -0.0407. The van der Waals surface area contributed by atoms with E-state index in [9.17, 15) is 5.11 Å². The van der Waals surface area contributed by atoms with Crippen LogP contribution in [0.5, 0.6) is 17.2 Å². The van der Waals surface area contributed by atoms with Crippen molar-refractivity contribution < 1.29 is 14.6 Å². The molecule has 0 fully saturated rings. The zero-order valence-electron chi connectivity index (χ0n) is 13.9. The van der Waals surface area contributed by atoms with Crippen molar-refractivity contribution in [2.75, 3.05) is 25.7 Å². The molecule has 0 amide bonds. The van der Waals surface area contributed by atoms with Crippen LogP contribution in [-0.4, -0.2) is 29.3 Å². The highest BCUT2D eigenvalue weighted by molar-refractivity contribution is 5.79. The van der Waals surface area contributed by atoms with Gasteiger partial charge in [-0.15, -0.1) is 0 Å². The molecule has 0 unspecified atom stereocenters. The van der Waals surface area contributed by atoms with Crippen LogP contribution < -0.4 is 20.9 Å². The molecule has 7 heteroatoms. The fourth-order valence-electron chi connectivity index (χ4n) is 2.56. The quantitative estimate of drug-likeness (QED) is 0.669. The van der Waals surface area contributed by atoms with Gasteiger partial charge < -0.3 is 26.0 Å². The summed E-state index contributed by atoms with van der Waals surface area (Å²) in [6.45, 7) is 0. The van der Waals surface area contributed by atoms with Crippen molar-refractivity contribution in [1.29, 1.82) is 0 Å². The molecule has 3 aromatic rings. The molecule has 0 saturated carbocycles. The van der Waals surface area contributed by atoms with E-state index >= 15 is 0 Å². The first-order chi connectivity index (χ1) is 12.0. The Hall–Kier alpha value is -3.48. The van der Waals surface area contributed by atoms with Gasteiger partial charge in [0, 0.05) is 11.8 Å². The van der Waals surface area contributed by atoms with Gasteiger partial charge in [-0.1, -0.05) is 18.2 Å². The van der Waals surface area contributed by atoms with Crippen LogP contribution in [0.2, 0.25) is 0 Å². The van der Waals surface area contributed by atoms with Crippen molar-refractivity contribution in [3.63, 3.8) is 0 Å². The summed E-state index contributed by atoms with van der Waals surface area (Å²) in [5.41, 5.74) is 14.8. The number of hydrogen-bond acceptors (Lipinski definition) is 7. The molecule has 0 aliphatic heterocycles. The van der Waals surface area contributed by atoms with Crippen LogP contribution in [0, 0.1) is 0 Å². The Bertz CT molecular complexity index is 903. The third-order valence-corrected chi connectivity index (χ3v) is 3.82. The molecule has 2 aromatic carbocycles. The normalized spacial score (nSPS) is 10.5. The highest BCUT2D eigenvalue weighted by atomic mass is 16.5. The van der Waals surface area contributed by atoms with Crippen molar-refractivity contribution in [2.24, 2.45) is 0 Å². The lowest BCUT2D eigenvalue weighted by Gasteiger charge is -2.12. The first-order valence-corrected chi connectivity index (χ1v) is 7.47. The highest BCUT2D eigenvalue weighted by Gasteiger charge is 2.13. The Morgan fingerprint density at radius 2 is 1.56 bits per heavy atom. The van der Waals surface area contributed by atoms with Crippen LogP contribution in [0.3, 0.4) is 0 Å². The van der Waals surface area contributed by atoms with E-state index in [1.807, 2.05) is 24.3 Å². The Labute approximate surface area is 144 Å². The first-order valence-electron chi connectivity index (χ1n) is 7.47. The van der Waals surface area contributed by atoms with Crippen LogP contribution in [0.1, 0.15) is 0 Å². The fourth-order valence-corrected chi connectivity index (χ4v) is 2.56. The van der Waals surface area contributed by atoms with Crippen molar-refractivity contribution in [2.45, 2.75) is 0 Å². The van der Waals surface area contributed by atoms with Crippen LogP contribution in [0.25, 0.3) is 22.3 Å². The third-order valence-electron chi connectivity index (χ3n) is 3.82. The molecule has 0 bridgehead atoms. The van der Waals surface area contributed by atoms with Crippen LogP contribution in [-0.2, 0) is 0 Å². The SMILES string of the molecule is COc1cc(-c2cccc(-c3cnc(N)nc3N)c2)cc(OC)c1O. The van der Waals surface area contributed by atoms with E-state index in [1.165, 1.54) is 14.2 Å². The average molecular weight is 338 g/mol. The lowest BCUT2D eigenvalue weighted by molar-refractivity contribution is 0.340. The number of benzene rings is 2. The third kappa shape index (κ3) is 3.12. The molecule has 0 radical (unpaired) electrons. The maximum Gasteiger partial charge on any atom is 0.221 e. The van der Waals surface area contributed by atoms with E-state index in [1.54, 1.807) is 18.3 Å². The Kier molecular flexibility index (Phi) is 4.30. The van der Waals surface area contributed by atoms with Gasteiger partial charge in [0.15, 0.2) is 11.5 Å². The summed E-state index contributed by atoms with van der Waals surface area (Å²) in [4.78, 5) is 7.99. The van der Waals surface area contributed by atoms with Crippen molar-refractivity contribution in [3.8, 4) is 39.5 Å². The molecule has 0 saturated heterocycles. The number of anilines is 2. The standard InChI is InChI=1S/C18H18N4O3/c1-24-14-7-12(8-15(25-2)16(14)23)10-4-3-5-11(6-10)13-9-21-18(20)22-17(13)19/h3-9,23H,1-2H3,(H4,19,20,21,22). The van der Waals surface area contributed by atoms with Gasteiger partial charge in [0.2, 0.25) is 11.7 Å². The average Bonchev–Trinajstić information content (AvgIpc) is 2.62. The number of nitrogen functional groups attached to an aromatic ring is 2. The topological polar surface area (TPSA) is 117 Å². The Balaban J connectivity index is 2.11. The molecular weight excluding hydrogens is 320 g/mol. The number of rotatable bonds is 4. The highest BCUT2D eigenvalue weighted by Crippen LogP contribution is 2.41. The lowest BCUT2D eigenvalue weighted by Crippen LogP contribution is -2.01. The van der Waals surface area contributed by atoms with Gasteiger partial charge in [0.05, 0.1) is 14.2 Å². The number of phenols is 1. The predicted octanol–water partition coefficient (Wildman–Crippen LogP) is 2.70. The van der Waals surface area contributed by atoms with Gasteiger partial charge in [0.1, 0.15) is 5.82 Å². The number of nitrogens with zero attached hydrogens (tertiary/aromatic N) is 2. The summed E-state index contributed by atoms with van der Waals surface area (Å²) in [5.74, 6) is 1.06. The van der Waals surface area contributed by atoms with Crippen LogP contribution in [0.4, 0.5) is 11.8 Å². The molecule has 0 spiro atoms. The van der Waals surface area contributed by atoms with E-state index in [2.05, 4.69) is 9.97 Å². The zero-order chi connectivity index (χ0) is 18.0. The number of ether oxygens (including phenoxy) is 2. The number of aromatic nitrogens is 2. The Morgan fingerprint density at radius 1 is 0.920 bits per heavy atom. The van der Waals surface area contributed by atoms with Gasteiger partial charge in [-0.05, 0) is 34.9 Å². The second-order valence-corrected chi connectivity index (χ2v) is 5.34. The van der Waals surface area contributed by atoms with E-state index in [-0.39, 0.29) is 11.7 Å². The maximum atomic E-state index is 10.1. The van der Waals surface area contributed by atoms with Gasteiger partial charge >= 0.3 is 0 Å². The molecule has 7 nitrogen and oxygen atoms in total. The summed E-state index contributed by atoms with van der Waals surface area (Å²) in [6.07, 6.45) is 1.59. The number of methoxy groups -OCH3 is 2. The van der Waals surface area contributed by atoms with Gasteiger partial charge in [-0.25, -0.2) is 4.98 Å². The largest absolute Gasteiger partial charge is 0.502 e. The molecule has 0 aliphatic rings. The van der Waals surface area contributed by atoms with Crippen LogP contribution in [0.15, 0.2) is 42.6 Å². The smallest absolute Gasteiger partial charge is 0.221 e. The van der Waals surface area contributed by atoms with E-state index < -0.39 is 0 Å². The summed E-state index contributed by atoms with van der Waals surface area (Å²) in [7, 11) is 2.97. The van der Waals surface area contributed by atoms with Crippen molar-refractivity contribution in [1.82, 2.24) is 9.97 Å². The van der Waals surface area contributed by atoms with E-state index in [0.717, 1.165) is 16.7 Å². The molecule has 25 heavy (non-hydrogen) atoms. The van der Waals surface area contributed by atoms with Crippen molar-refractivity contribution in [3.05, 3.63) is 42.6 Å². The summed E-state index contributed by atoms with van der Waals surface area (Å²) in [6, 6.07) is 11.1. The van der Waals surface area contributed by atoms with Gasteiger partial charge in [-0.3, -0.25) is 0 Å². The minimum absolute atomic E-state index is 0.0407. The van der Waals surface area contributed by atoms with Crippen molar-refractivity contribution >= 4 is 11.8 Å². The van der Waals surface area contributed by atoms with Gasteiger partial charge in [-0.2, -0.15) is 4.98 Å². The molecule has 128 valence electrons. The first kappa shape index (κ1) is 16.4. The lowest BCUT2D eigenvalue weighted by atomic mass is 9.99. The minimum Gasteiger partial charge on any atom is -0.502 e. The summed E-state index contributed by atoms with van der Waals surface area (Å²) < 4.78 is 10.4. The number of aromatic hydroxyl groups is 1. The molecule has 5 N–H and O–H groups in total. The molecule has 3 rings (SSSR count). The number of hydrogen-bond donors (Lipinski definition) is 3. The fraction of sp³-hybridized carbons (Fsp3) is 0.111. The second-order valence-electron chi connectivity index (χ2n) is 5.34. The van der Waals surface area contributed by atoms with E-state index in [4.69, 9.17) is 20.9 Å². The maximum absolute atomic E-state index is 10.1. The molecule has 1 heterocycles.